The fourth-order valence-electron chi connectivity index (χ4n) is 2.38. The number of amides is 1. The van der Waals surface area contributed by atoms with Crippen LogP contribution in [0.2, 0.25) is 0 Å². The maximum absolute atomic E-state index is 13.5. The van der Waals surface area contributed by atoms with E-state index in [1.807, 2.05) is 43.4 Å². The van der Waals surface area contributed by atoms with Gasteiger partial charge in [-0.3, -0.25) is 4.79 Å². The van der Waals surface area contributed by atoms with Gasteiger partial charge in [-0.2, -0.15) is 0 Å². The Morgan fingerprint density at radius 2 is 1.74 bits per heavy atom. The van der Waals surface area contributed by atoms with E-state index in [0.717, 1.165) is 5.56 Å². The van der Waals surface area contributed by atoms with Crippen LogP contribution in [0.1, 0.15) is 17.5 Å². The van der Waals surface area contributed by atoms with Crippen molar-refractivity contribution < 1.29 is 9.18 Å². The highest BCUT2D eigenvalue weighted by Gasteiger charge is 2.08. The fraction of sp³-hybridized carbons (Fsp3) is 0.316. The molecule has 0 unspecified atom stereocenters. The summed E-state index contributed by atoms with van der Waals surface area (Å²) in [5.74, 6) is -0.0692. The number of nitrogens with zero attached hydrogens (tertiary/aromatic N) is 1. The summed E-state index contributed by atoms with van der Waals surface area (Å²) < 4.78 is 13.5. The highest BCUT2D eigenvalue weighted by atomic mass is 19.1. The van der Waals surface area contributed by atoms with Crippen molar-refractivity contribution in [1.82, 2.24) is 10.2 Å². The first-order valence-electron chi connectivity index (χ1n) is 7.89. The Morgan fingerprint density at radius 1 is 1.04 bits per heavy atom. The zero-order valence-corrected chi connectivity index (χ0v) is 13.5. The fourth-order valence-corrected chi connectivity index (χ4v) is 2.38. The summed E-state index contributed by atoms with van der Waals surface area (Å²) in [7, 11) is 1.81. The third-order valence-corrected chi connectivity index (χ3v) is 3.73. The molecule has 3 nitrogen and oxygen atoms in total. The number of benzene rings is 2. The van der Waals surface area contributed by atoms with E-state index in [1.165, 1.54) is 6.07 Å². The van der Waals surface area contributed by atoms with Gasteiger partial charge in [-0.25, -0.2) is 4.39 Å². The largest absolute Gasteiger partial charge is 0.341 e. The highest BCUT2D eigenvalue weighted by Crippen LogP contribution is 2.06. The van der Waals surface area contributed by atoms with Crippen LogP contribution in [0, 0.1) is 5.82 Å². The van der Waals surface area contributed by atoms with Gasteiger partial charge in [-0.15, -0.1) is 0 Å². The van der Waals surface area contributed by atoms with Crippen LogP contribution in [0.3, 0.4) is 0 Å². The van der Waals surface area contributed by atoms with Crippen molar-refractivity contribution in [3.05, 3.63) is 71.5 Å². The molecule has 0 fully saturated rings. The average molecular weight is 314 g/mol. The van der Waals surface area contributed by atoms with E-state index in [1.54, 1.807) is 17.0 Å². The topological polar surface area (TPSA) is 32.3 Å². The first-order chi connectivity index (χ1) is 11.2. The summed E-state index contributed by atoms with van der Waals surface area (Å²) in [6, 6.07) is 16.7. The summed E-state index contributed by atoms with van der Waals surface area (Å²) in [6.45, 7) is 1.89. The van der Waals surface area contributed by atoms with Gasteiger partial charge in [0.2, 0.25) is 5.91 Å². The maximum atomic E-state index is 13.5. The number of carbonyl (C=O) groups excluding carboxylic acids is 1. The van der Waals surface area contributed by atoms with E-state index in [9.17, 15) is 9.18 Å². The molecule has 2 aromatic carbocycles. The maximum Gasteiger partial charge on any atom is 0.223 e. The van der Waals surface area contributed by atoms with Gasteiger partial charge in [-0.1, -0.05) is 48.5 Å². The lowest BCUT2D eigenvalue weighted by Gasteiger charge is -2.17. The Kier molecular flexibility index (Phi) is 6.76. The number of halogens is 1. The van der Waals surface area contributed by atoms with E-state index >= 15 is 0 Å². The van der Waals surface area contributed by atoms with E-state index < -0.39 is 0 Å². The molecule has 0 aliphatic rings. The molecule has 122 valence electrons. The molecule has 2 rings (SSSR count). The van der Waals surface area contributed by atoms with Gasteiger partial charge in [-0.05, 0) is 30.2 Å². The number of hydrogen-bond donors (Lipinski definition) is 1. The van der Waals surface area contributed by atoms with Gasteiger partial charge >= 0.3 is 0 Å². The molecule has 0 saturated heterocycles. The zero-order chi connectivity index (χ0) is 16.5. The summed E-state index contributed by atoms with van der Waals surface area (Å²) in [5.41, 5.74) is 1.82. The SMILES string of the molecule is CN(Cc1ccccc1)C(=O)CCNCCc1ccccc1F. The summed E-state index contributed by atoms with van der Waals surface area (Å²) >= 11 is 0. The minimum absolute atomic E-state index is 0.104. The van der Waals surface area contributed by atoms with E-state index in [4.69, 9.17) is 0 Å². The van der Waals surface area contributed by atoms with Crippen molar-refractivity contribution in [3.8, 4) is 0 Å². The zero-order valence-electron chi connectivity index (χ0n) is 13.5. The van der Waals surface area contributed by atoms with Crippen LogP contribution in [-0.2, 0) is 17.8 Å². The molecule has 0 aromatic heterocycles. The van der Waals surface area contributed by atoms with Crippen LogP contribution in [-0.4, -0.2) is 30.9 Å². The first-order valence-corrected chi connectivity index (χ1v) is 7.89. The first kappa shape index (κ1) is 17.2. The molecule has 1 N–H and O–H groups in total. The number of carbonyl (C=O) groups is 1. The third kappa shape index (κ3) is 5.83. The summed E-state index contributed by atoms with van der Waals surface area (Å²) in [5, 5.41) is 3.20. The molecular weight excluding hydrogens is 291 g/mol. The van der Waals surface area contributed by atoms with E-state index in [2.05, 4.69) is 5.32 Å². The number of hydrogen-bond acceptors (Lipinski definition) is 2. The Bertz CT molecular complexity index is 616. The lowest BCUT2D eigenvalue weighted by atomic mass is 10.1. The molecule has 0 atom stereocenters. The van der Waals surface area contributed by atoms with Crippen molar-refractivity contribution >= 4 is 5.91 Å². The molecule has 0 saturated carbocycles. The van der Waals surface area contributed by atoms with Crippen LogP contribution in [0.4, 0.5) is 4.39 Å². The van der Waals surface area contributed by atoms with Crippen molar-refractivity contribution in [2.75, 3.05) is 20.1 Å². The summed E-state index contributed by atoms with van der Waals surface area (Å²) in [4.78, 5) is 13.8. The predicted octanol–water partition coefficient (Wildman–Crippen LogP) is 3.01. The highest BCUT2D eigenvalue weighted by molar-refractivity contribution is 5.76. The molecule has 0 bridgehead atoms. The molecule has 0 heterocycles. The van der Waals surface area contributed by atoms with Crippen LogP contribution in [0.15, 0.2) is 54.6 Å². The molecule has 0 aliphatic heterocycles. The van der Waals surface area contributed by atoms with Gasteiger partial charge < -0.3 is 10.2 Å². The van der Waals surface area contributed by atoms with Crippen molar-refractivity contribution in [3.63, 3.8) is 0 Å². The Morgan fingerprint density at radius 3 is 2.48 bits per heavy atom. The smallest absolute Gasteiger partial charge is 0.223 e. The van der Waals surface area contributed by atoms with E-state index in [-0.39, 0.29) is 11.7 Å². The van der Waals surface area contributed by atoms with Gasteiger partial charge in [0.05, 0.1) is 0 Å². The lowest BCUT2D eigenvalue weighted by Crippen LogP contribution is -2.30. The van der Waals surface area contributed by atoms with Crippen LogP contribution in [0.25, 0.3) is 0 Å². The van der Waals surface area contributed by atoms with Crippen LogP contribution < -0.4 is 5.32 Å². The van der Waals surface area contributed by atoms with Crippen molar-refractivity contribution in [2.45, 2.75) is 19.4 Å². The van der Waals surface area contributed by atoms with Gasteiger partial charge in [0.1, 0.15) is 5.82 Å². The standard InChI is InChI=1S/C19H23FN2O/c1-22(15-16-7-3-2-4-8-16)19(23)12-14-21-13-11-17-9-5-6-10-18(17)20/h2-10,21H,11-15H2,1H3. The average Bonchev–Trinajstić information content (AvgIpc) is 2.57. The second kappa shape index (κ2) is 9.06. The molecule has 0 aliphatic carbocycles. The van der Waals surface area contributed by atoms with Crippen molar-refractivity contribution in [1.29, 1.82) is 0 Å². The Balaban J connectivity index is 1.64. The summed E-state index contributed by atoms with van der Waals surface area (Å²) in [6.07, 6.45) is 1.07. The molecule has 1 amide bonds. The molecule has 0 spiro atoms. The van der Waals surface area contributed by atoms with E-state index in [0.29, 0.717) is 38.0 Å². The Labute approximate surface area is 137 Å². The second-order valence-electron chi connectivity index (χ2n) is 5.58. The number of nitrogens with one attached hydrogen (secondary N) is 1. The monoisotopic (exact) mass is 314 g/mol. The molecular formula is C19H23FN2O. The Hall–Kier alpha value is -2.20. The van der Waals surface area contributed by atoms with Crippen LogP contribution >= 0.6 is 0 Å². The van der Waals surface area contributed by atoms with Gasteiger partial charge in [0, 0.05) is 26.6 Å². The lowest BCUT2D eigenvalue weighted by molar-refractivity contribution is -0.130. The molecule has 4 heteroatoms. The molecule has 0 radical (unpaired) electrons. The number of rotatable bonds is 8. The molecule has 2 aromatic rings. The quantitative estimate of drug-likeness (QED) is 0.760. The minimum Gasteiger partial charge on any atom is -0.341 e. The van der Waals surface area contributed by atoms with Gasteiger partial charge in [0.15, 0.2) is 0 Å². The van der Waals surface area contributed by atoms with Crippen LogP contribution in [0.5, 0.6) is 0 Å². The normalized spacial score (nSPS) is 10.5. The van der Waals surface area contributed by atoms with Gasteiger partial charge in [0.25, 0.3) is 0 Å². The second-order valence-corrected chi connectivity index (χ2v) is 5.58. The van der Waals surface area contributed by atoms with Crippen molar-refractivity contribution in [2.24, 2.45) is 0 Å². The predicted molar refractivity (Wildman–Crippen MR) is 90.5 cm³/mol. The minimum atomic E-state index is -0.173. The third-order valence-electron chi connectivity index (χ3n) is 3.73. The molecule has 23 heavy (non-hydrogen) atoms.